The highest BCUT2D eigenvalue weighted by atomic mass is 19.1. The average molecular weight is 324 g/mol. The molecule has 0 saturated heterocycles. The summed E-state index contributed by atoms with van der Waals surface area (Å²) in [6.45, 7) is 5.95. The molecule has 0 spiro atoms. The van der Waals surface area contributed by atoms with Gasteiger partial charge >= 0.3 is 0 Å². The largest absolute Gasteiger partial charge is 0.389 e. The Labute approximate surface area is 141 Å². The fourth-order valence-electron chi connectivity index (χ4n) is 4.28. The Morgan fingerprint density at radius 3 is 2.83 bits per heavy atom. The molecule has 3 nitrogen and oxygen atoms in total. The van der Waals surface area contributed by atoms with Crippen LogP contribution in [-0.2, 0) is 6.42 Å². The molecule has 1 saturated carbocycles. The van der Waals surface area contributed by atoms with Crippen molar-refractivity contribution in [2.24, 2.45) is 5.41 Å². The number of aromatic nitrogens is 2. The lowest BCUT2D eigenvalue weighted by Gasteiger charge is -2.42. The van der Waals surface area contributed by atoms with Gasteiger partial charge in [0.05, 0.1) is 23.2 Å². The SMILES string of the molecule is C=CC[C@]1(O)CCC2=Cc3c(cnn3-c3ccc(F)cc3)CC21C. The van der Waals surface area contributed by atoms with E-state index in [0.29, 0.717) is 6.42 Å². The van der Waals surface area contributed by atoms with E-state index >= 15 is 0 Å². The first-order valence-electron chi connectivity index (χ1n) is 8.34. The molecule has 0 amide bonds. The highest BCUT2D eigenvalue weighted by molar-refractivity contribution is 5.62. The van der Waals surface area contributed by atoms with Crippen molar-refractivity contribution in [3.05, 3.63) is 65.8 Å². The number of nitrogens with zero attached hydrogens (tertiary/aromatic N) is 2. The van der Waals surface area contributed by atoms with Crippen molar-refractivity contribution in [1.82, 2.24) is 9.78 Å². The zero-order valence-corrected chi connectivity index (χ0v) is 13.8. The lowest BCUT2D eigenvalue weighted by molar-refractivity contribution is -0.0366. The van der Waals surface area contributed by atoms with E-state index in [1.165, 1.54) is 17.7 Å². The second-order valence-corrected chi connectivity index (χ2v) is 7.15. The lowest BCUT2D eigenvalue weighted by Crippen LogP contribution is -2.44. The van der Waals surface area contributed by atoms with Gasteiger partial charge in [0.15, 0.2) is 0 Å². The summed E-state index contributed by atoms with van der Waals surface area (Å²) in [5, 5.41) is 15.6. The summed E-state index contributed by atoms with van der Waals surface area (Å²) in [4.78, 5) is 0. The van der Waals surface area contributed by atoms with E-state index < -0.39 is 5.60 Å². The summed E-state index contributed by atoms with van der Waals surface area (Å²) < 4.78 is 15.0. The molecule has 0 bridgehead atoms. The predicted molar refractivity (Wildman–Crippen MR) is 92.3 cm³/mol. The summed E-state index contributed by atoms with van der Waals surface area (Å²) in [7, 11) is 0. The molecule has 1 N–H and O–H groups in total. The van der Waals surface area contributed by atoms with Crippen LogP contribution in [0.5, 0.6) is 0 Å². The number of aliphatic hydroxyl groups is 1. The van der Waals surface area contributed by atoms with Crippen molar-refractivity contribution in [2.75, 3.05) is 0 Å². The van der Waals surface area contributed by atoms with Crippen LogP contribution in [0.15, 0.2) is 48.7 Å². The van der Waals surface area contributed by atoms with Gasteiger partial charge in [-0.2, -0.15) is 5.10 Å². The molecule has 1 aromatic carbocycles. The molecule has 1 aromatic heterocycles. The summed E-state index contributed by atoms with van der Waals surface area (Å²) in [6.07, 6.45) is 8.85. The maximum atomic E-state index is 13.2. The highest BCUT2D eigenvalue weighted by Gasteiger charge is 2.54. The number of hydrogen-bond donors (Lipinski definition) is 1. The highest BCUT2D eigenvalue weighted by Crippen LogP contribution is 2.56. The fourth-order valence-corrected chi connectivity index (χ4v) is 4.28. The molecule has 0 radical (unpaired) electrons. The van der Waals surface area contributed by atoms with Gasteiger partial charge in [-0.05, 0) is 61.6 Å². The minimum Gasteiger partial charge on any atom is -0.389 e. The Bertz CT molecular complexity index is 836. The van der Waals surface area contributed by atoms with E-state index in [4.69, 9.17) is 0 Å². The number of fused-ring (bicyclic) bond motifs is 2. The predicted octanol–water partition coefficient (Wildman–Crippen LogP) is 4.06. The van der Waals surface area contributed by atoms with Gasteiger partial charge in [0, 0.05) is 5.41 Å². The molecule has 1 unspecified atom stereocenters. The summed E-state index contributed by atoms with van der Waals surface area (Å²) in [5.41, 5.74) is 3.26. The van der Waals surface area contributed by atoms with Crippen molar-refractivity contribution < 1.29 is 9.50 Å². The maximum Gasteiger partial charge on any atom is 0.123 e. The first kappa shape index (κ1) is 15.3. The first-order valence-corrected chi connectivity index (χ1v) is 8.34. The molecular weight excluding hydrogens is 303 g/mol. The van der Waals surface area contributed by atoms with Gasteiger partial charge in [-0.25, -0.2) is 9.07 Å². The van der Waals surface area contributed by atoms with Crippen LogP contribution in [-0.4, -0.2) is 20.5 Å². The third-order valence-electron chi connectivity index (χ3n) is 5.84. The van der Waals surface area contributed by atoms with Crippen molar-refractivity contribution in [3.63, 3.8) is 0 Å². The maximum absolute atomic E-state index is 13.2. The van der Waals surface area contributed by atoms with Gasteiger partial charge in [0.2, 0.25) is 0 Å². The Morgan fingerprint density at radius 1 is 1.38 bits per heavy atom. The van der Waals surface area contributed by atoms with E-state index in [1.807, 2.05) is 17.0 Å². The second kappa shape index (κ2) is 5.15. The first-order chi connectivity index (χ1) is 11.5. The van der Waals surface area contributed by atoms with Crippen LogP contribution >= 0.6 is 0 Å². The van der Waals surface area contributed by atoms with Crippen molar-refractivity contribution >= 4 is 6.08 Å². The number of halogens is 1. The van der Waals surface area contributed by atoms with Crippen molar-refractivity contribution in [3.8, 4) is 5.69 Å². The molecule has 2 aliphatic carbocycles. The molecule has 2 atom stereocenters. The molecule has 0 aliphatic heterocycles. The van der Waals surface area contributed by atoms with Gasteiger partial charge in [0.25, 0.3) is 0 Å². The molecular formula is C20H21FN2O. The van der Waals surface area contributed by atoms with Crippen molar-refractivity contribution in [2.45, 2.75) is 38.2 Å². The molecule has 24 heavy (non-hydrogen) atoms. The van der Waals surface area contributed by atoms with Crippen LogP contribution in [0.1, 0.15) is 37.4 Å². The second-order valence-electron chi connectivity index (χ2n) is 7.15. The lowest BCUT2D eigenvalue weighted by atomic mass is 9.66. The standard InChI is InChI=1S/C20H21FN2O/c1-3-9-20(24)10-8-15-11-18-14(12-19(15,20)2)13-22-23(18)17-6-4-16(21)5-7-17/h3-7,11,13,24H,1,8-10,12H2,2H3/t19?,20-/m0/s1. The molecule has 1 heterocycles. The third kappa shape index (κ3) is 2.02. The molecule has 1 fully saturated rings. The Morgan fingerprint density at radius 2 is 2.12 bits per heavy atom. The zero-order valence-electron chi connectivity index (χ0n) is 13.8. The minimum absolute atomic E-state index is 0.254. The van der Waals surface area contributed by atoms with E-state index in [2.05, 4.69) is 24.7 Å². The Kier molecular flexibility index (Phi) is 3.29. The van der Waals surface area contributed by atoms with Gasteiger partial charge in [-0.1, -0.05) is 18.6 Å². The number of rotatable bonds is 3. The summed E-state index contributed by atoms with van der Waals surface area (Å²) in [6, 6.07) is 6.36. The van der Waals surface area contributed by atoms with Crippen LogP contribution in [0.3, 0.4) is 0 Å². The van der Waals surface area contributed by atoms with Crippen LogP contribution < -0.4 is 0 Å². The van der Waals surface area contributed by atoms with E-state index in [0.717, 1.165) is 36.2 Å². The smallest absolute Gasteiger partial charge is 0.123 e. The van der Waals surface area contributed by atoms with Crippen LogP contribution in [0.2, 0.25) is 0 Å². The van der Waals surface area contributed by atoms with Gasteiger partial charge in [0.1, 0.15) is 5.82 Å². The number of benzene rings is 1. The van der Waals surface area contributed by atoms with Crippen LogP contribution in [0, 0.1) is 11.2 Å². The molecule has 2 aromatic rings. The molecule has 124 valence electrons. The number of hydrogen-bond acceptors (Lipinski definition) is 2. The van der Waals surface area contributed by atoms with Crippen LogP contribution in [0.25, 0.3) is 11.8 Å². The van der Waals surface area contributed by atoms with Gasteiger partial charge in [-0.15, -0.1) is 6.58 Å². The van der Waals surface area contributed by atoms with Gasteiger partial charge in [-0.3, -0.25) is 0 Å². The third-order valence-corrected chi connectivity index (χ3v) is 5.84. The molecule has 4 heteroatoms. The quantitative estimate of drug-likeness (QED) is 0.865. The topological polar surface area (TPSA) is 38.1 Å². The molecule has 4 rings (SSSR count). The zero-order chi connectivity index (χ0) is 16.9. The van der Waals surface area contributed by atoms with Crippen molar-refractivity contribution in [1.29, 1.82) is 0 Å². The van der Waals surface area contributed by atoms with E-state index in [1.54, 1.807) is 12.1 Å². The molecule has 2 aliphatic rings. The summed E-state index contributed by atoms with van der Waals surface area (Å²) >= 11 is 0. The van der Waals surface area contributed by atoms with Crippen LogP contribution in [0.4, 0.5) is 4.39 Å². The average Bonchev–Trinajstić information content (AvgIpc) is 3.06. The normalized spacial score (nSPS) is 28.2. The monoisotopic (exact) mass is 324 g/mol. The Balaban J connectivity index is 1.78. The fraction of sp³-hybridized carbons (Fsp3) is 0.350. The summed E-state index contributed by atoms with van der Waals surface area (Å²) in [5.74, 6) is -0.254. The minimum atomic E-state index is -0.740. The van der Waals surface area contributed by atoms with Gasteiger partial charge < -0.3 is 5.11 Å². The van der Waals surface area contributed by atoms with E-state index in [-0.39, 0.29) is 11.2 Å². The Hall–Kier alpha value is -2.20. The van der Waals surface area contributed by atoms with E-state index in [9.17, 15) is 9.50 Å².